The molecule has 0 heterocycles. The molecule has 0 aliphatic heterocycles. The standard InChI is InChI=1S/C17H12ClFN2O3S/c1-10-6-12(25-9-20)3-5-15(10)21-16(22)8-24-17(23)13-7-11(18)2-4-14(13)19/h2-7H,8H2,1H3,(H,21,22). The third-order valence-corrected chi connectivity index (χ3v) is 3.93. The Labute approximate surface area is 152 Å². The fourth-order valence-corrected chi connectivity index (χ4v) is 2.59. The number of nitrogens with zero attached hydrogens (tertiary/aromatic N) is 1. The van der Waals surface area contributed by atoms with E-state index in [9.17, 15) is 14.0 Å². The first kappa shape index (κ1) is 18.8. The second-order valence-corrected chi connectivity index (χ2v) is 6.21. The van der Waals surface area contributed by atoms with Gasteiger partial charge in [0, 0.05) is 15.6 Å². The number of halogens is 2. The van der Waals surface area contributed by atoms with E-state index in [0.717, 1.165) is 34.4 Å². The second-order valence-electron chi connectivity index (χ2n) is 4.92. The van der Waals surface area contributed by atoms with E-state index in [1.54, 1.807) is 25.1 Å². The van der Waals surface area contributed by atoms with E-state index in [1.807, 2.05) is 5.40 Å². The van der Waals surface area contributed by atoms with Crippen molar-refractivity contribution in [2.24, 2.45) is 0 Å². The summed E-state index contributed by atoms with van der Waals surface area (Å²) in [6.07, 6.45) is 0. The minimum atomic E-state index is -0.979. The first-order valence-corrected chi connectivity index (χ1v) is 8.18. The van der Waals surface area contributed by atoms with Crippen LogP contribution < -0.4 is 5.32 Å². The summed E-state index contributed by atoms with van der Waals surface area (Å²) in [7, 11) is 0. The van der Waals surface area contributed by atoms with Crippen LogP contribution in [0.15, 0.2) is 41.3 Å². The topological polar surface area (TPSA) is 79.2 Å². The Kier molecular flexibility index (Phi) is 6.39. The molecule has 2 rings (SSSR count). The van der Waals surface area contributed by atoms with E-state index < -0.39 is 24.3 Å². The van der Waals surface area contributed by atoms with Crippen LogP contribution in [0.4, 0.5) is 10.1 Å². The smallest absolute Gasteiger partial charge is 0.341 e. The number of esters is 1. The molecule has 2 aromatic rings. The number of rotatable bonds is 5. The maximum atomic E-state index is 13.6. The molecule has 0 aromatic heterocycles. The summed E-state index contributed by atoms with van der Waals surface area (Å²) in [6, 6.07) is 8.56. The Balaban J connectivity index is 1.96. The van der Waals surface area contributed by atoms with Crippen LogP contribution in [0.25, 0.3) is 0 Å². The molecule has 0 saturated carbocycles. The zero-order chi connectivity index (χ0) is 18.4. The number of anilines is 1. The molecule has 0 aliphatic rings. The van der Waals surface area contributed by atoms with Crippen LogP contribution in [0.1, 0.15) is 15.9 Å². The normalized spacial score (nSPS) is 10.0. The molecule has 8 heteroatoms. The number of hydrogen-bond donors (Lipinski definition) is 1. The van der Waals surface area contributed by atoms with Gasteiger partial charge >= 0.3 is 5.97 Å². The Hall–Kier alpha value is -2.56. The zero-order valence-corrected chi connectivity index (χ0v) is 14.6. The Bertz CT molecular complexity index is 867. The van der Waals surface area contributed by atoms with E-state index in [1.165, 1.54) is 6.07 Å². The molecule has 0 spiro atoms. The van der Waals surface area contributed by atoms with Crippen molar-refractivity contribution in [3.05, 3.63) is 58.4 Å². The average molecular weight is 379 g/mol. The van der Waals surface area contributed by atoms with Gasteiger partial charge < -0.3 is 10.1 Å². The van der Waals surface area contributed by atoms with Gasteiger partial charge in [0.05, 0.1) is 5.56 Å². The summed E-state index contributed by atoms with van der Waals surface area (Å²) in [6.45, 7) is 1.20. The third kappa shape index (κ3) is 5.21. The number of thiocyanates is 1. The van der Waals surface area contributed by atoms with Crippen LogP contribution in [0.3, 0.4) is 0 Å². The fraction of sp³-hybridized carbons (Fsp3) is 0.118. The third-order valence-electron chi connectivity index (χ3n) is 3.12. The van der Waals surface area contributed by atoms with Gasteiger partial charge in [0.2, 0.25) is 0 Å². The number of hydrogen-bond acceptors (Lipinski definition) is 5. The molecular formula is C17H12ClFN2O3S. The Morgan fingerprint density at radius 2 is 2.08 bits per heavy atom. The maximum absolute atomic E-state index is 13.6. The number of nitrogens with one attached hydrogen (secondary N) is 1. The average Bonchev–Trinajstić information content (AvgIpc) is 2.57. The predicted octanol–water partition coefficient (Wildman–Crippen LogP) is 4.16. The van der Waals surface area contributed by atoms with Gasteiger partial charge in [-0.3, -0.25) is 4.79 Å². The number of amides is 1. The first-order valence-electron chi connectivity index (χ1n) is 6.99. The molecule has 0 atom stereocenters. The monoisotopic (exact) mass is 378 g/mol. The summed E-state index contributed by atoms with van der Waals surface area (Å²) in [5.41, 5.74) is 0.937. The van der Waals surface area contributed by atoms with E-state index >= 15 is 0 Å². The van der Waals surface area contributed by atoms with Crippen molar-refractivity contribution < 1.29 is 18.7 Å². The number of thioether (sulfide) groups is 1. The summed E-state index contributed by atoms with van der Waals surface area (Å²) >= 11 is 6.72. The van der Waals surface area contributed by atoms with Crippen molar-refractivity contribution in [3.8, 4) is 5.40 Å². The molecular weight excluding hydrogens is 367 g/mol. The van der Waals surface area contributed by atoms with E-state index in [4.69, 9.17) is 21.6 Å². The molecule has 25 heavy (non-hydrogen) atoms. The lowest BCUT2D eigenvalue weighted by molar-refractivity contribution is -0.119. The van der Waals surface area contributed by atoms with Gasteiger partial charge in [0.25, 0.3) is 5.91 Å². The molecule has 1 amide bonds. The van der Waals surface area contributed by atoms with E-state index in [0.29, 0.717) is 5.69 Å². The van der Waals surface area contributed by atoms with Crippen LogP contribution in [0.5, 0.6) is 0 Å². The highest BCUT2D eigenvalue weighted by atomic mass is 35.5. The van der Waals surface area contributed by atoms with Crippen molar-refractivity contribution in [2.45, 2.75) is 11.8 Å². The lowest BCUT2D eigenvalue weighted by atomic mass is 10.2. The largest absolute Gasteiger partial charge is 0.452 e. The molecule has 0 fully saturated rings. The molecule has 1 N–H and O–H groups in total. The quantitative estimate of drug-likeness (QED) is 0.480. The minimum Gasteiger partial charge on any atom is -0.452 e. The highest BCUT2D eigenvalue weighted by Crippen LogP contribution is 2.23. The van der Waals surface area contributed by atoms with Crippen molar-refractivity contribution in [1.82, 2.24) is 0 Å². The number of nitriles is 1. The summed E-state index contributed by atoms with van der Waals surface area (Å²) in [4.78, 5) is 24.5. The van der Waals surface area contributed by atoms with Crippen molar-refractivity contribution >= 4 is 40.9 Å². The first-order chi connectivity index (χ1) is 11.9. The van der Waals surface area contributed by atoms with Crippen LogP contribution in [0, 0.1) is 23.4 Å². The summed E-state index contributed by atoms with van der Waals surface area (Å²) in [5.74, 6) is -2.33. The Morgan fingerprint density at radius 1 is 1.32 bits per heavy atom. The van der Waals surface area contributed by atoms with E-state index in [-0.39, 0.29) is 10.6 Å². The number of aryl methyl sites for hydroxylation is 1. The van der Waals surface area contributed by atoms with Gasteiger partial charge in [-0.15, -0.1) is 0 Å². The molecule has 0 radical (unpaired) electrons. The van der Waals surface area contributed by atoms with Crippen LogP contribution in [-0.4, -0.2) is 18.5 Å². The molecule has 2 aromatic carbocycles. The zero-order valence-electron chi connectivity index (χ0n) is 13.0. The fourth-order valence-electron chi connectivity index (χ4n) is 1.94. The highest BCUT2D eigenvalue weighted by Gasteiger charge is 2.16. The lowest BCUT2D eigenvalue weighted by Crippen LogP contribution is -2.21. The molecule has 0 aliphatic carbocycles. The van der Waals surface area contributed by atoms with Crippen molar-refractivity contribution in [2.75, 3.05) is 11.9 Å². The number of carbonyl (C=O) groups excluding carboxylic acids is 2. The summed E-state index contributed by atoms with van der Waals surface area (Å²) < 4.78 is 18.4. The number of carbonyl (C=O) groups is 2. The Morgan fingerprint density at radius 3 is 2.76 bits per heavy atom. The van der Waals surface area contributed by atoms with Gasteiger partial charge in [0.1, 0.15) is 11.2 Å². The van der Waals surface area contributed by atoms with Gasteiger partial charge in [-0.25, -0.2) is 9.18 Å². The highest BCUT2D eigenvalue weighted by molar-refractivity contribution is 8.03. The van der Waals surface area contributed by atoms with Crippen LogP contribution in [0.2, 0.25) is 5.02 Å². The predicted molar refractivity (Wildman–Crippen MR) is 93.0 cm³/mol. The van der Waals surface area contributed by atoms with Crippen LogP contribution in [-0.2, 0) is 9.53 Å². The van der Waals surface area contributed by atoms with Gasteiger partial charge in [0.15, 0.2) is 6.61 Å². The molecule has 128 valence electrons. The molecule has 0 saturated heterocycles. The SMILES string of the molecule is Cc1cc(SC#N)ccc1NC(=O)COC(=O)c1cc(Cl)ccc1F. The number of benzene rings is 2. The summed E-state index contributed by atoms with van der Waals surface area (Å²) in [5, 5.41) is 13.4. The van der Waals surface area contributed by atoms with Crippen molar-refractivity contribution in [3.63, 3.8) is 0 Å². The molecule has 5 nitrogen and oxygen atoms in total. The van der Waals surface area contributed by atoms with Gasteiger partial charge in [-0.1, -0.05) is 11.6 Å². The van der Waals surface area contributed by atoms with Gasteiger partial charge in [-0.05, 0) is 60.6 Å². The second kappa shape index (κ2) is 8.51. The minimum absolute atomic E-state index is 0.184. The van der Waals surface area contributed by atoms with Gasteiger partial charge in [-0.2, -0.15) is 5.26 Å². The molecule has 0 bridgehead atoms. The van der Waals surface area contributed by atoms with E-state index in [2.05, 4.69) is 5.32 Å². The van der Waals surface area contributed by atoms with Crippen molar-refractivity contribution in [1.29, 1.82) is 5.26 Å². The molecule has 0 unspecified atom stereocenters. The maximum Gasteiger partial charge on any atom is 0.341 e. The lowest BCUT2D eigenvalue weighted by Gasteiger charge is -2.10. The number of ether oxygens (including phenoxy) is 1. The van der Waals surface area contributed by atoms with Crippen LogP contribution >= 0.6 is 23.4 Å².